The second kappa shape index (κ2) is 5.36. The summed E-state index contributed by atoms with van der Waals surface area (Å²) < 4.78 is 0. The van der Waals surface area contributed by atoms with Gasteiger partial charge in [0.25, 0.3) is 0 Å². The van der Waals surface area contributed by atoms with Crippen LogP contribution in [0.1, 0.15) is 22.6 Å². The first kappa shape index (κ1) is 13.3. The van der Waals surface area contributed by atoms with Gasteiger partial charge in [-0.05, 0) is 12.5 Å². The van der Waals surface area contributed by atoms with Gasteiger partial charge in [-0.3, -0.25) is 10.1 Å². The molecule has 21 heavy (non-hydrogen) atoms. The molecule has 5 heteroatoms. The van der Waals surface area contributed by atoms with Crippen LogP contribution in [-0.2, 0) is 4.84 Å². The van der Waals surface area contributed by atoms with Gasteiger partial charge in [0.2, 0.25) is 0 Å². The quantitative estimate of drug-likeness (QED) is 0.641. The van der Waals surface area contributed by atoms with Gasteiger partial charge in [0, 0.05) is 5.56 Å². The number of benzene rings is 2. The third-order valence-corrected chi connectivity index (χ3v) is 3.52. The van der Waals surface area contributed by atoms with Gasteiger partial charge in [0.05, 0.1) is 4.92 Å². The number of aryl methyl sites for hydroxylation is 1. The molecule has 0 saturated carbocycles. The molecule has 0 radical (unpaired) electrons. The lowest BCUT2D eigenvalue weighted by molar-refractivity contribution is -0.574. The van der Waals surface area contributed by atoms with Crippen molar-refractivity contribution in [3.05, 3.63) is 81.4 Å². The fraction of sp³-hybridized carbons (Fsp3) is 0.188. The maximum atomic E-state index is 11.3. The van der Waals surface area contributed by atoms with Crippen LogP contribution >= 0.6 is 0 Å². The molecular weight excluding hydrogens is 268 g/mol. The van der Waals surface area contributed by atoms with E-state index < -0.39 is 17.1 Å². The van der Waals surface area contributed by atoms with Crippen LogP contribution in [0.5, 0.6) is 0 Å². The fourth-order valence-electron chi connectivity index (χ4n) is 2.55. The molecule has 3 rings (SSSR count). The molecule has 0 bridgehead atoms. The maximum Gasteiger partial charge on any atom is 0.387 e. The van der Waals surface area contributed by atoms with E-state index in [4.69, 9.17) is 4.84 Å². The van der Waals surface area contributed by atoms with Crippen LogP contribution in [0.4, 0.5) is 0 Å². The molecule has 0 aromatic heterocycles. The minimum absolute atomic E-state index is 0.424. The average Bonchev–Trinajstić information content (AvgIpc) is 2.93. The van der Waals surface area contributed by atoms with Crippen LogP contribution in [-0.4, -0.2) is 16.9 Å². The number of nitro groups is 1. The summed E-state index contributed by atoms with van der Waals surface area (Å²) in [7, 11) is 0. The van der Waals surface area contributed by atoms with E-state index in [9.17, 15) is 10.1 Å². The smallest absolute Gasteiger partial charge is 0.320 e. The van der Waals surface area contributed by atoms with Crippen molar-refractivity contribution in [2.75, 3.05) is 0 Å². The first-order valence-electron chi connectivity index (χ1n) is 6.66. The predicted molar refractivity (Wildman–Crippen MR) is 78.8 cm³/mol. The highest BCUT2D eigenvalue weighted by molar-refractivity contribution is 6.05. The topological polar surface area (TPSA) is 64.7 Å². The number of hydrogen-bond donors (Lipinski definition) is 0. The molecule has 106 valence electrons. The van der Waals surface area contributed by atoms with Gasteiger partial charge in [0.1, 0.15) is 11.6 Å². The van der Waals surface area contributed by atoms with Gasteiger partial charge in [-0.1, -0.05) is 65.3 Å². The van der Waals surface area contributed by atoms with Gasteiger partial charge in [-0.2, -0.15) is 0 Å². The molecule has 0 amide bonds. The Hall–Kier alpha value is -2.69. The number of nitrogens with zero attached hydrogens (tertiary/aromatic N) is 2. The Balaban J connectivity index is 2.06. The van der Waals surface area contributed by atoms with Gasteiger partial charge >= 0.3 is 6.23 Å². The van der Waals surface area contributed by atoms with E-state index in [2.05, 4.69) is 5.16 Å². The van der Waals surface area contributed by atoms with Crippen molar-refractivity contribution < 1.29 is 9.76 Å². The highest BCUT2D eigenvalue weighted by Crippen LogP contribution is 2.33. The van der Waals surface area contributed by atoms with Gasteiger partial charge in [0.15, 0.2) is 0 Å². The summed E-state index contributed by atoms with van der Waals surface area (Å²) >= 11 is 0. The normalized spacial score (nSPS) is 20.7. The Morgan fingerprint density at radius 3 is 2.57 bits per heavy atom. The van der Waals surface area contributed by atoms with Crippen LogP contribution in [0.15, 0.2) is 59.8 Å². The zero-order valence-corrected chi connectivity index (χ0v) is 11.5. The molecule has 1 aliphatic heterocycles. The fourth-order valence-corrected chi connectivity index (χ4v) is 2.55. The maximum absolute atomic E-state index is 11.3. The largest absolute Gasteiger partial charge is 0.387 e. The number of rotatable bonds is 3. The molecule has 0 spiro atoms. The molecule has 0 fully saturated rings. The first-order chi connectivity index (χ1) is 10.2. The highest BCUT2D eigenvalue weighted by Gasteiger charge is 2.44. The average molecular weight is 282 g/mol. The van der Waals surface area contributed by atoms with Crippen molar-refractivity contribution in [2.45, 2.75) is 19.1 Å². The molecule has 0 saturated heterocycles. The highest BCUT2D eigenvalue weighted by atomic mass is 16.7. The molecule has 1 aliphatic rings. The third kappa shape index (κ3) is 2.50. The summed E-state index contributed by atoms with van der Waals surface area (Å²) in [5.74, 6) is -0.498. The molecule has 2 atom stereocenters. The summed E-state index contributed by atoms with van der Waals surface area (Å²) in [5, 5.41) is 15.2. The monoisotopic (exact) mass is 282 g/mol. The lowest BCUT2D eigenvalue weighted by atomic mass is 9.88. The lowest BCUT2D eigenvalue weighted by Gasteiger charge is -2.14. The van der Waals surface area contributed by atoms with E-state index >= 15 is 0 Å². The van der Waals surface area contributed by atoms with E-state index in [-0.39, 0.29) is 0 Å². The Morgan fingerprint density at radius 2 is 1.90 bits per heavy atom. The lowest BCUT2D eigenvalue weighted by Crippen LogP contribution is -2.29. The van der Waals surface area contributed by atoms with E-state index in [0.717, 1.165) is 16.7 Å². The SMILES string of the molecule is Cc1cccc([C@H]2C(c3ccccc3)=NO[C@@H]2[N+](=O)[O-])c1. The second-order valence-corrected chi connectivity index (χ2v) is 5.02. The second-order valence-electron chi connectivity index (χ2n) is 5.02. The minimum Gasteiger partial charge on any atom is -0.320 e. The van der Waals surface area contributed by atoms with Crippen molar-refractivity contribution in [3.8, 4) is 0 Å². The Bertz CT molecular complexity index is 698. The van der Waals surface area contributed by atoms with Crippen molar-refractivity contribution in [1.29, 1.82) is 0 Å². The summed E-state index contributed by atoms with van der Waals surface area (Å²) in [6.45, 7) is 1.96. The summed E-state index contributed by atoms with van der Waals surface area (Å²) in [5.41, 5.74) is 3.34. The third-order valence-electron chi connectivity index (χ3n) is 3.52. The van der Waals surface area contributed by atoms with Crippen LogP contribution in [0.25, 0.3) is 0 Å². The van der Waals surface area contributed by atoms with Crippen LogP contribution < -0.4 is 0 Å². The predicted octanol–water partition coefficient (Wildman–Crippen LogP) is 3.12. The van der Waals surface area contributed by atoms with Gasteiger partial charge in [-0.25, -0.2) is 0 Å². The van der Waals surface area contributed by atoms with Crippen molar-refractivity contribution in [1.82, 2.24) is 0 Å². The Kier molecular flexibility index (Phi) is 3.39. The zero-order valence-electron chi connectivity index (χ0n) is 11.5. The van der Waals surface area contributed by atoms with Crippen LogP contribution in [0.3, 0.4) is 0 Å². The summed E-state index contributed by atoms with van der Waals surface area (Å²) in [4.78, 5) is 15.9. The molecule has 0 N–H and O–H groups in total. The minimum atomic E-state index is -1.18. The van der Waals surface area contributed by atoms with Crippen LogP contribution in [0, 0.1) is 17.0 Å². The summed E-state index contributed by atoms with van der Waals surface area (Å²) in [6, 6.07) is 17.1. The number of oxime groups is 1. The van der Waals surface area contributed by atoms with E-state index in [1.165, 1.54) is 0 Å². The molecule has 2 aromatic carbocycles. The zero-order chi connectivity index (χ0) is 14.8. The van der Waals surface area contributed by atoms with Crippen molar-refractivity contribution >= 4 is 5.71 Å². The van der Waals surface area contributed by atoms with Crippen molar-refractivity contribution in [3.63, 3.8) is 0 Å². The molecule has 1 heterocycles. The number of hydrogen-bond acceptors (Lipinski definition) is 4. The Labute approximate surface area is 122 Å². The molecular formula is C16H14N2O3. The van der Waals surface area contributed by atoms with E-state index in [0.29, 0.717) is 5.71 Å². The van der Waals surface area contributed by atoms with Gasteiger partial charge < -0.3 is 4.84 Å². The van der Waals surface area contributed by atoms with E-state index in [1.807, 2.05) is 61.5 Å². The van der Waals surface area contributed by atoms with Crippen LogP contribution in [0.2, 0.25) is 0 Å². The molecule has 0 unspecified atom stereocenters. The standard InChI is InChI=1S/C16H14N2O3/c1-11-6-5-9-13(10-11)14-15(12-7-3-2-4-8-12)17-21-16(14)18(19)20/h2-10,14,16H,1H3/t14-,16-/m0/s1. The molecule has 2 aromatic rings. The Morgan fingerprint density at radius 1 is 1.14 bits per heavy atom. The van der Waals surface area contributed by atoms with Gasteiger partial charge in [-0.15, -0.1) is 0 Å². The molecule has 0 aliphatic carbocycles. The van der Waals surface area contributed by atoms with Crippen molar-refractivity contribution in [2.24, 2.45) is 5.16 Å². The first-order valence-corrected chi connectivity index (χ1v) is 6.66. The summed E-state index contributed by atoms with van der Waals surface area (Å²) in [6.07, 6.45) is -1.18. The molecule has 5 nitrogen and oxygen atoms in total. The van der Waals surface area contributed by atoms with E-state index in [1.54, 1.807) is 0 Å².